The van der Waals surface area contributed by atoms with Gasteiger partial charge in [-0.25, -0.2) is 9.37 Å². The molecule has 0 bridgehead atoms. The van der Waals surface area contributed by atoms with Crippen molar-refractivity contribution in [2.45, 2.75) is 18.1 Å². The zero-order chi connectivity index (χ0) is 19.5. The molecule has 26 heavy (non-hydrogen) atoms. The van der Waals surface area contributed by atoms with Crippen LogP contribution >= 0.6 is 23.4 Å². The summed E-state index contributed by atoms with van der Waals surface area (Å²) < 4.78 is 52.1. The Hall–Kier alpha value is -2.31. The van der Waals surface area contributed by atoms with Gasteiger partial charge in [-0.2, -0.15) is 18.4 Å². The molecule has 136 valence electrons. The Bertz CT molecular complexity index is 896. The van der Waals surface area contributed by atoms with Crippen molar-refractivity contribution in [1.82, 2.24) is 4.98 Å². The highest BCUT2D eigenvalue weighted by atomic mass is 35.5. The zero-order valence-corrected chi connectivity index (χ0v) is 14.7. The van der Waals surface area contributed by atoms with Gasteiger partial charge in [-0.1, -0.05) is 23.4 Å². The second kappa shape index (κ2) is 7.93. The Labute approximate surface area is 155 Å². The second-order valence-corrected chi connectivity index (χ2v) is 6.43. The lowest BCUT2D eigenvalue weighted by molar-refractivity contribution is -0.138. The highest BCUT2D eigenvalue weighted by Gasteiger charge is 2.35. The molecule has 0 unspecified atom stereocenters. The molecule has 2 aromatic rings. The number of alkyl halides is 3. The summed E-state index contributed by atoms with van der Waals surface area (Å²) in [7, 11) is 0. The predicted molar refractivity (Wildman–Crippen MR) is 89.5 cm³/mol. The molecule has 1 aromatic carbocycles. The summed E-state index contributed by atoms with van der Waals surface area (Å²) in [6.07, 6.45) is -4.71. The van der Waals surface area contributed by atoms with Crippen molar-refractivity contribution >= 4 is 35.0 Å². The molecule has 0 atom stereocenters. The number of nitriles is 1. The maximum atomic E-state index is 13.0. The summed E-state index contributed by atoms with van der Waals surface area (Å²) in [6, 6.07) is 5.63. The van der Waals surface area contributed by atoms with Crippen LogP contribution in [0.15, 0.2) is 29.3 Å². The molecular formula is C16H10ClF4N3OS. The van der Waals surface area contributed by atoms with Crippen molar-refractivity contribution in [3.05, 3.63) is 51.9 Å². The van der Waals surface area contributed by atoms with Gasteiger partial charge in [-0.05, 0) is 31.2 Å². The van der Waals surface area contributed by atoms with Crippen molar-refractivity contribution in [2.24, 2.45) is 0 Å². The first-order chi connectivity index (χ1) is 12.1. The van der Waals surface area contributed by atoms with Crippen molar-refractivity contribution in [1.29, 1.82) is 5.26 Å². The van der Waals surface area contributed by atoms with Gasteiger partial charge >= 0.3 is 6.18 Å². The number of rotatable bonds is 4. The predicted octanol–water partition coefficient (Wildman–Crippen LogP) is 4.80. The normalized spacial score (nSPS) is 11.1. The Kier molecular flexibility index (Phi) is 6.10. The number of nitrogens with zero attached hydrogens (tertiary/aromatic N) is 2. The van der Waals surface area contributed by atoms with E-state index in [0.29, 0.717) is 11.8 Å². The lowest BCUT2D eigenvalue weighted by Crippen LogP contribution is -2.15. The van der Waals surface area contributed by atoms with E-state index >= 15 is 0 Å². The minimum absolute atomic E-state index is 0.0193. The van der Waals surface area contributed by atoms with E-state index in [1.165, 1.54) is 19.1 Å². The number of carbonyl (C=O) groups excluding carboxylic acids is 1. The Morgan fingerprint density at radius 3 is 2.65 bits per heavy atom. The molecule has 10 heteroatoms. The van der Waals surface area contributed by atoms with Gasteiger partial charge < -0.3 is 5.32 Å². The van der Waals surface area contributed by atoms with Gasteiger partial charge in [-0.3, -0.25) is 4.79 Å². The standard InChI is InChI=1S/C16H10ClF4N3OS/c1-8-4-11(16(19,20)21)10(6-22)15(23-8)26-7-14(25)24-13-3-2-9(18)5-12(13)17/h2-5H,7H2,1H3,(H,24,25). The first kappa shape index (κ1) is 20.0. The highest BCUT2D eigenvalue weighted by molar-refractivity contribution is 8.00. The molecule has 1 N–H and O–H groups in total. The third-order valence-corrected chi connectivity index (χ3v) is 4.36. The van der Waals surface area contributed by atoms with E-state index in [4.69, 9.17) is 16.9 Å². The van der Waals surface area contributed by atoms with E-state index in [9.17, 15) is 22.4 Å². The number of thioether (sulfide) groups is 1. The van der Waals surface area contributed by atoms with Crippen LogP contribution < -0.4 is 5.32 Å². The number of benzene rings is 1. The number of carbonyl (C=O) groups is 1. The average Bonchev–Trinajstić information content (AvgIpc) is 2.54. The third-order valence-electron chi connectivity index (χ3n) is 3.08. The number of aryl methyl sites for hydroxylation is 1. The monoisotopic (exact) mass is 403 g/mol. The fourth-order valence-corrected chi connectivity index (χ4v) is 3.05. The SMILES string of the molecule is Cc1cc(C(F)(F)F)c(C#N)c(SCC(=O)Nc2ccc(F)cc2Cl)n1. The van der Waals surface area contributed by atoms with E-state index in [-0.39, 0.29) is 27.2 Å². The van der Waals surface area contributed by atoms with E-state index in [1.54, 1.807) is 0 Å². The Morgan fingerprint density at radius 2 is 2.08 bits per heavy atom. The maximum absolute atomic E-state index is 13.0. The van der Waals surface area contributed by atoms with E-state index in [1.807, 2.05) is 0 Å². The molecule has 2 rings (SSSR count). The molecule has 0 fully saturated rings. The van der Waals surface area contributed by atoms with Crippen molar-refractivity contribution in [2.75, 3.05) is 11.1 Å². The third kappa shape index (κ3) is 4.86. The number of aromatic nitrogens is 1. The summed E-state index contributed by atoms with van der Waals surface area (Å²) >= 11 is 6.48. The first-order valence-electron chi connectivity index (χ1n) is 6.98. The Morgan fingerprint density at radius 1 is 1.38 bits per heavy atom. The minimum atomic E-state index is -4.71. The van der Waals surface area contributed by atoms with Crippen LogP contribution in [0.2, 0.25) is 5.02 Å². The van der Waals surface area contributed by atoms with Crippen LogP contribution in [0.1, 0.15) is 16.8 Å². The summed E-state index contributed by atoms with van der Waals surface area (Å²) in [5.41, 5.74) is -1.51. The molecule has 0 aliphatic rings. The van der Waals surface area contributed by atoms with Crippen molar-refractivity contribution in [3.63, 3.8) is 0 Å². The summed E-state index contributed by atoms with van der Waals surface area (Å²) in [5, 5.41) is 11.3. The van der Waals surface area contributed by atoms with Crippen LogP contribution in [0.4, 0.5) is 23.2 Å². The summed E-state index contributed by atoms with van der Waals surface area (Å²) in [6.45, 7) is 1.36. The molecule has 0 aliphatic carbocycles. The van der Waals surface area contributed by atoms with Crippen LogP contribution in [0.3, 0.4) is 0 Å². The molecule has 0 saturated carbocycles. The van der Waals surface area contributed by atoms with Gasteiger partial charge in [0.2, 0.25) is 5.91 Å². The second-order valence-electron chi connectivity index (χ2n) is 5.06. The van der Waals surface area contributed by atoms with Gasteiger partial charge in [-0.15, -0.1) is 0 Å². The molecule has 4 nitrogen and oxygen atoms in total. The van der Waals surface area contributed by atoms with Crippen LogP contribution in [0.25, 0.3) is 0 Å². The fourth-order valence-electron chi connectivity index (χ4n) is 1.99. The fraction of sp³-hybridized carbons (Fsp3) is 0.188. The molecule has 0 saturated heterocycles. The van der Waals surface area contributed by atoms with Gasteiger partial charge in [0.25, 0.3) is 0 Å². The number of anilines is 1. The van der Waals surface area contributed by atoms with Gasteiger partial charge in [0.15, 0.2) is 0 Å². The highest BCUT2D eigenvalue weighted by Crippen LogP contribution is 2.35. The number of halogens is 5. The number of amides is 1. The topological polar surface area (TPSA) is 65.8 Å². The largest absolute Gasteiger partial charge is 0.417 e. The molecule has 1 heterocycles. The van der Waals surface area contributed by atoms with Crippen LogP contribution in [-0.4, -0.2) is 16.6 Å². The van der Waals surface area contributed by atoms with Gasteiger partial charge in [0.1, 0.15) is 16.9 Å². The molecule has 0 aliphatic heterocycles. The number of hydrogen-bond donors (Lipinski definition) is 1. The molecular weight excluding hydrogens is 394 g/mol. The van der Waals surface area contributed by atoms with E-state index < -0.39 is 29.0 Å². The molecule has 0 spiro atoms. The van der Waals surface area contributed by atoms with Crippen molar-refractivity contribution < 1.29 is 22.4 Å². The summed E-state index contributed by atoms with van der Waals surface area (Å²) in [4.78, 5) is 15.9. The molecule has 0 radical (unpaired) electrons. The van der Waals surface area contributed by atoms with Crippen molar-refractivity contribution in [3.8, 4) is 6.07 Å². The van der Waals surface area contributed by atoms with E-state index in [2.05, 4.69) is 10.3 Å². The van der Waals surface area contributed by atoms with Crippen LogP contribution in [-0.2, 0) is 11.0 Å². The smallest absolute Gasteiger partial charge is 0.324 e. The van der Waals surface area contributed by atoms with Crippen LogP contribution in [0.5, 0.6) is 0 Å². The Balaban J connectivity index is 2.17. The number of nitrogens with one attached hydrogen (secondary N) is 1. The lowest BCUT2D eigenvalue weighted by atomic mass is 10.1. The van der Waals surface area contributed by atoms with Crippen LogP contribution in [0, 0.1) is 24.1 Å². The number of pyridine rings is 1. The van der Waals surface area contributed by atoms with Gasteiger partial charge in [0, 0.05) is 5.69 Å². The quantitative estimate of drug-likeness (QED) is 0.588. The number of hydrogen-bond acceptors (Lipinski definition) is 4. The minimum Gasteiger partial charge on any atom is -0.324 e. The maximum Gasteiger partial charge on any atom is 0.417 e. The molecule has 1 amide bonds. The molecule has 1 aromatic heterocycles. The summed E-state index contributed by atoms with van der Waals surface area (Å²) in [5.74, 6) is -1.48. The van der Waals surface area contributed by atoms with E-state index in [0.717, 1.165) is 18.2 Å². The lowest BCUT2D eigenvalue weighted by Gasteiger charge is -2.13. The first-order valence-corrected chi connectivity index (χ1v) is 8.35. The van der Waals surface area contributed by atoms with Gasteiger partial charge in [0.05, 0.1) is 27.6 Å². The zero-order valence-electron chi connectivity index (χ0n) is 13.1. The average molecular weight is 404 g/mol.